The summed E-state index contributed by atoms with van der Waals surface area (Å²) in [5, 5.41) is 10.2. The largest absolute Gasteiger partial charge is 0.466 e. The normalized spacial score (nSPS) is 19.8. The summed E-state index contributed by atoms with van der Waals surface area (Å²) in [5.41, 5.74) is 1.97. The van der Waals surface area contributed by atoms with Crippen molar-refractivity contribution < 1.29 is 14.3 Å². The molecule has 1 saturated carbocycles. The van der Waals surface area contributed by atoms with Gasteiger partial charge < -0.3 is 10.1 Å². The molecule has 0 spiro atoms. The number of methoxy groups -OCH3 is 1. The molecule has 8 nitrogen and oxygen atoms in total. The van der Waals surface area contributed by atoms with Gasteiger partial charge in [0.1, 0.15) is 6.33 Å². The van der Waals surface area contributed by atoms with Crippen LogP contribution < -0.4 is 5.32 Å². The molecule has 1 atom stereocenters. The second-order valence-corrected chi connectivity index (χ2v) is 7.29. The fourth-order valence-corrected chi connectivity index (χ4v) is 4.00. The summed E-state index contributed by atoms with van der Waals surface area (Å²) >= 11 is 1.40. The molecule has 0 radical (unpaired) electrons. The van der Waals surface area contributed by atoms with E-state index < -0.39 is 12.0 Å². The number of nitrogens with one attached hydrogen (secondary N) is 2. The predicted octanol–water partition coefficient (Wildman–Crippen LogP) is 2.25. The molecule has 2 amide bonds. The molecule has 0 saturated heterocycles. The summed E-state index contributed by atoms with van der Waals surface area (Å²) in [6.45, 7) is 0. The highest BCUT2D eigenvalue weighted by Crippen LogP contribution is 2.39. The molecular formula is C18H19N5O3S. The maximum Gasteiger partial charge on any atom is 0.338 e. The molecule has 140 valence electrons. The Kier molecular flexibility index (Phi) is 4.85. The van der Waals surface area contributed by atoms with Crippen molar-refractivity contribution in [1.29, 1.82) is 0 Å². The van der Waals surface area contributed by atoms with Crippen LogP contribution in [0.4, 0.5) is 4.79 Å². The number of urea groups is 1. The van der Waals surface area contributed by atoms with E-state index in [9.17, 15) is 9.59 Å². The Balaban J connectivity index is 1.78. The van der Waals surface area contributed by atoms with Crippen molar-refractivity contribution in [2.45, 2.75) is 30.1 Å². The zero-order valence-corrected chi connectivity index (χ0v) is 15.5. The van der Waals surface area contributed by atoms with Crippen LogP contribution in [0.15, 0.2) is 53.1 Å². The molecule has 1 aliphatic heterocycles. The fourth-order valence-electron chi connectivity index (χ4n) is 3.19. The van der Waals surface area contributed by atoms with E-state index in [4.69, 9.17) is 4.74 Å². The van der Waals surface area contributed by atoms with Gasteiger partial charge in [0.25, 0.3) is 0 Å². The van der Waals surface area contributed by atoms with Gasteiger partial charge in [-0.1, -0.05) is 42.1 Å². The summed E-state index contributed by atoms with van der Waals surface area (Å²) in [4.78, 5) is 31.4. The van der Waals surface area contributed by atoms with E-state index in [-0.39, 0.29) is 12.1 Å². The van der Waals surface area contributed by atoms with Crippen molar-refractivity contribution in [3.05, 3.63) is 53.5 Å². The van der Waals surface area contributed by atoms with Gasteiger partial charge in [0.05, 0.1) is 18.7 Å². The molecule has 1 unspecified atom stereocenters. The predicted molar refractivity (Wildman–Crippen MR) is 98.7 cm³/mol. The molecule has 1 aromatic carbocycles. The first kappa shape index (κ1) is 17.6. The van der Waals surface area contributed by atoms with Crippen molar-refractivity contribution >= 4 is 23.8 Å². The zero-order valence-electron chi connectivity index (χ0n) is 14.7. The minimum Gasteiger partial charge on any atom is -0.466 e. The zero-order chi connectivity index (χ0) is 18.8. The van der Waals surface area contributed by atoms with Gasteiger partial charge in [-0.25, -0.2) is 14.6 Å². The third-order valence-corrected chi connectivity index (χ3v) is 5.45. The van der Waals surface area contributed by atoms with E-state index in [1.54, 1.807) is 4.90 Å². The van der Waals surface area contributed by atoms with Crippen molar-refractivity contribution in [3.8, 4) is 0 Å². The molecule has 2 aromatic rings. The van der Waals surface area contributed by atoms with Crippen molar-refractivity contribution in [1.82, 2.24) is 25.4 Å². The van der Waals surface area contributed by atoms with Crippen molar-refractivity contribution in [2.24, 2.45) is 0 Å². The summed E-state index contributed by atoms with van der Waals surface area (Å²) in [7, 11) is 1.36. The van der Waals surface area contributed by atoms with Crippen LogP contribution in [0.3, 0.4) is 0 Å². The molecule has 9 heteroatoms. The lowest BCUT2D eigenvalue weighted by atomic mass is 9.95. The minimum absolute atomic E-state index is 0.117. The van der Waals surface area contributed by atoms with Gasteiger partial charge in [-0.15, -0.1) is 0 Å². The Hall–Kier alpha value is -2.81. The Morgan fingerprint density at radius 2 is 2.11 bits per heavy atom. The monoisotopic (exact) mass is 385 g/mol. The number of esters is 1. The highest BCUT2D eigenvalue weighted by atomic mass is 32.2. The number of aromatic nitrogens is 3. The Labute approximate surface area is 160 Å². The molecule has 2 heterocycles. The maximum atomic E-state index is 12.9. The van der Waals surface area contributed by atoms with E-state index in [0.717, 1.165) is 18.4 Å². The maximum absolute atomic E-state index is 12.9. The molecule has 0 bridgehead atoms. The molecule has 27 heavy (non-hydrogen) atoms. The molecule has 2 aliphatic rings. The third kappa shape index (κ3) is 3.55. The number of ether oxygens (including phenoxy) is 1. The number of amides is 2. The first-order chi connectivity index (χ1) is 13.2. The van der Waals surface area contributed by atoms with Crippen LogP contribution in [0.1, 0.15) is 24.4 Å². The quantitative estimate of drug-likeness (QED) is 0.584. The lowest BCUT2D eigenvalue weighted by molar-refractivity contribution is -0.136. The number of rotatable bonds is 6. The first-order valence-electron chi connectivity index (χ1n) is 8.63. The minimum atomic E-state index is -0.550. The van der Waals surface area contributed by atoms with E-state index in [1.165, 1.54) is 25.2 Å². The number of hydrogen-bond acceptors (Lipinski definition) is 6. The van der Waals surface area contributed by atoms with Gasteiger partial charge in [0, 0.05) is 17.5 Å². The Morgan fingerprint density at radius 1 is 1.33 bits per heavy atom. The van der Waals surface area contributed by atoms with Crippen molar-refractivity contribution in [3.63, 3.8) is 0 Å². The van der Waals surface area contributed by atoms with Gasteiger partial charge >= 0.3 is 12.0 Å². The number of thioether (sulfide) groups is 1. The lowest BCUT2D eigenvalue weighted by Crippen LogP contribution is -2.50. The number of carbonyl (C=O) groups is 2. The average molecular weight is 385 g/mol. The molecular weight excluding hydrogens is 366 g/mol. The highest BCUT2D eigenvalue weighted by molar-refractivity contribution is 7.99. The number of carbonyl (C=O) groups excluding carboxylic acids is 2. The SMILES string of the molecule is COC(=O)C1=C(CSc2ncn[nH]2)N(C2CC2)C(=O)NC1c1ccccc1. The molecule has 1 fully saturated rings. The van der Waals surface area contributed by atoms with Crippen LogP contribution >= 0.6 is 11.8 Å². The van der Waals surface area contributed by atoms with E-state index in [1.807, 2.05) is 30.3 Å². The third-order valence-electron chi connectivity index (χ3n) is 4.57. The van der Waals surface area contributed by atoms with Gasteiger partial charge in [-0.3, -0.25) is 10.00 Å². The molecule has 1 aromatic heterocycles. The van der Waals surface area contributed by atoms with E-state index >= 15 is 0 Å². The van der Waals surface area contributed by atoms with Crippen LogP contribution in [0.5, 0.6) is 0 Å². The van der Waals surface area contributed by atoms with Crippen LogP contribution in [0.25, 0.3) is 0 Å². The summed E-state index contributed by atoms with van der Waals surface area (Å²) in [6, 6.07) is 8.82. The molecule has 1 aliphatic carbocycles. The van der Waals surface area contributed by atoms with Crippen LogP contribution in [0.2, 0.25) is 0 Å². The van der Waals surface area contributed by atoms with E-state index in [0.29, 0.717) is 22.2 Å². The summed E-state index contributed by atoms with van der Waals surface area (Å²) < 4.78 is 5.07. The van der Waals surface area contributed by atoms with Gasteiger partial charge in [-0.2, -0.15) is 5.10 Å². The Morgan fingerprint density at radius 3 is 2.74 bits per heavy atom. The molecule has 4 rings (SSSR count). The number of H-pyrrole nitrogens is 1. The second-order valence-electron chi connectivity index (χ2n) is 6.33. The number of nitrogens with zero attached hydrogens (tertiary/aromatic N) is 3. The summed E-state index contributed by atoms with van der Waals surface area (Å²) in [6.07, 6.45) is 3.28. The fraction of sp³-hybridized carbons (Fsp3) is 0.333. The highest BCUT2D eigenvalue weighted by Gasteiger charge is 2.43. The Bertz CT molecular complexity index is 864. The topological polar surface area (TPSA) is 100 Å². The van der Waals surface area contributed by atoms with E-state index in [2.05, 4.69) is 20.5 Å². The van der Waals surface area contributed by atoms with Crippen LogP contribution in [0, 0.1) is 0 Å². The van der Waals surface area contributed by atoms with Gasteiger partial charge in [0.15, 0.2) is 5.16 Å². The van der Waals surface area contributed by atoms with Gasteiger partial charge in [-0.05, 0) is 18.4 Å². The smallest absolute Gasteiger partial charge is 0.338 e. The van der Waals surface area contributed by atoms with Crippen LogP contribution in [-0.4, -0.2) is 51.0 Å². The summed E-state index contributed by atoms with van der Waals surface area (Å²) in [5.74, 6) is -0.0324. The number of hydrogen-bond donors (Lipinski definition) is 2. The molecule has 2 N–H and O–H groups in total. The van der Waals surface area contributed by atoms with Gasteiger partial charge in [0.2, 0.25) is 0 Å². The standard InChI is InChI=1S/C18H19N5O3S/c1-26-16(24)14-13(9-27-17-19-10-20-22-17)23(12-7-8-12)18(25)21-15(14)11-5-3-2-4-6-11/h2-6,10,12,15H,7-9H2,1H3,(H,21,25)(H,19,20,22). The average Bonchev–Trinajstić information content (AvgIpc) is 3.39. The second kappa shape index (κ2) is 7.43. The van der Waals surface area contributed by atoms with Crippen LogP contribution in [-0.2, 0) is 9.53 Å². The lowest BCUT2D eigenvalue weighted by Gasteiger charge is -2.36. The number of aromatic amines is 1. The number of benzene rings is 1. The van der Waals surface area contributed by atoms with Crippen molar-refractivity contribution in [2.75, 3.05) is 12.9 Å². The first-order valence-corrected chi connectivity index (χ1v) is 9.61.